The maximum atomic E-state index is 6.09. The van der Waals surface area contributed by atoms with Gasteiger partial charge < -0.3 is 4.57 Å². The number of halogens is 2. The molecular weight excluding hydrogens is 267 g/mol. The van der Waals surface area contributed by atoms with Crippen molar-refractivity contribution >= 4 is 34.2 Å². The van der Waals surface area contributed by atoms with Crippen molar-refractivity contribution in [1.82, 2.24) is 9.55 Å². The van der Waals surface area contributed by atoms with Crippen LogP contribution in [0.4, 0.5) is 0 Å². The number of rotatable bonds is 4. The van der Waals surface area contributed by atoms with E-state index in [-0.39, 0.29) is 0 Å². The van der Waals surface area contributed by atoms with Gasteiger partial charge in [-0.25, -0.2) is 4.98 Å². The van der Waals surface area contributed by atoms with E-state index in [1.165, 1.54) is 19.3 Å². The number of hydrogen-bond acceptors (Lipinski definition) is 1. The summed E-state index contributed by atoms with van der Waals surface area (Å²) in [6.07, 6.45) is 3.95. The van der Waals surface area contributed by atoms with Crippen molar-refractivity contribution in [3.05, 3.63) is 29.0 Å². The predicted octanol–water partition coefficient (Wildman–Crippen LogP) is 4.79. The molecule has 3 rings (SSSR count). The molecule has 4 heteroatoms. The lowest BCUT2D eigenvalue weighted by Crippen LogP contribution is -2.09. The molecule has 0 bridgehead atoms. The van der Waals surface area contributed by atoms with Crippen molar-refractivity contribution in [3.8, 4) is 0 Å². The molecule has 1 aromatic heterocycles. The van der Waals surface area contributed by atoms with Crippen LogP contribution in [0.5, 0.6) is 0 Å². The lowest BCUT2D eigenvalue weighted by Gasteiger charge is -2.16. The third-order valence-corrected chi connectivity index (χ3v) is 4.13. The van der Waals surface area contributed by atoms with Crippen LogP contribution in [0.25, 0.3) is 11.0 Å². The standard InChI is InChI=1S/C14H16Cl2N2/c1-9(6-10-2-3-10)18-13-7-11(16)4-5-12(13)17-14(18)8-15/h4-5,7,9-10H,2-3,6,8H2,1H3. The molecule has 0 spiro atoms. The fourth-order valence-corrected chi connectivity index (χ4v) is 3.00. The van der Waals surface area contributed by atoms with E-state index in [0.717, 1.165) is 27.8 Å². The second-order valence-corrected chi connectivity index (χ2v) is 5.90. The number of aromatic nitrogens is 2. The molecule has 1 aromatic carbocycles. The molecule has 1 heterocycles. The van der Waals surface area contributed by atoms with E-state index in [0.29, 0.717) is 11.9 Å². The number of benzene rings is 1. The molecule has 1 saturated carbocycles. The van der Waals surface area contributed by atoms with Crippen LogP contribution in [0.15, 0.2) is 18.2 Å². The summed E-state index contributed by atoms with van der Waals surface area (Å²) in [5.74, 6) is 2.28. The van der Waals surface area contributed by atoms with Gasteiger partial charge in [0.25, 0.3) is 0 Å². The molecule has 0 saturated heterocycles. The SMILES string of the molecule is CC(CC1CC1)n1c(CCl)nc2ccc(Cl)cc21. The second kappa shape index (κ2) is 4.75. The Labute approximate surface area is 117 Å². The van der Waals surface area contributed by atoms with Crippen LogP contribution < -0.4 is 0 Å². The number of imidazole rings is 1. The minimum atomic E-state index is 0.440. The zero-order chi connectivity index (χ0) is 12.7. The first-order valence-corrected chi connectivity index (χ1v) is 7.32. The van der Waals surface area contributed by atoms with Gasteiger partial charge in [0.15, 0.2) is 0 Å². The number of hydrogen-bond donors (Lipinski definition) is 0. The molecule has 1 unspecified atom stereocenters. The summed E-state index contributed by atoms with van der Waals surface area (Å²) in [5.41, 5.74) is 2.09. The normalized spacial score (nSPS) is 17.3. The van der Waals surface area contributed by atoms with Gasteiger partial charge in [0.05, 0.1) is 16.9 Å². The summed E-state index contributed by atoms with van der Waals surface area (Å²) in [6.45, 7) is 2.25. The molecule has 0 radical (unpaired) electrons. The van der Waals surface area contributed by atoms with Crippen LogP contribution in [-0.4, -0.2) is 9.55 Å². The summed E-state index contributed by atoms with van der Waals surface area (Å²) in [4.78, 5) is 4.59. The van der Waals surface area contributed by atoms with Crippen LogP contribution in [-0.2, 0) is 5.88 Å². The Morgan fingerprint density at radius 1 is 1.44 bits per heavy atom. The first-order valence-electron chi connectivity index (χ1n) is 6.41. The fourth-order valence-electron chi connectivity index (χ4n) is 2.64. The van der Waals surface area contributed by atoms with Crippen molar-refractivity contribution in [3.63, 3.8) is 0 Å². The van der Waals surface area contributed by atoms with E-state index in [1.54, 1.807) is 0 Å². The minimum Gasteiger partial charge on any atom is -0.324 e. The van der Waals surface area contributed by atoms with Crippen LogP contribution in [0, 0.1) is 5.92 Å². The first kappa shape index (κ1) is 12.3. The zero-order valence-corrected chi connectivity index (χ0v) is 11.9. The van der Waals surface area contributed by atoms with Gasteiger partial charge in [-0.2, -0.15) is 0 Å². The van der Waals surface area contributed by atoms with E-state index >= 15 is 0 Å². The molecule has 2 nitrogen and oxygen atoms in total. The molecule has 18 heavy (non-hydrogen) atoms. The maximum Gasteiger partial charge on any atom is 0.125 e. The van der Waals surface area contributed by atoms with Crippen molar-refractivity contribution in [2.45, 2.75) is 38.1 Å². The summed E-state index contributed by atoms with van der Waals surface area (Å²) in [5, 5.41) is 0.753. The Bertz CT molecular complexity index is 572. The van der Waals surface area contributed by atoms with Crippen molar-refractivity contribution in [2.75, 3.05) is 0 Å². The van der Waals surface area contributed by atoms with E-state index in [1.807, 2.05) is 18.2 Å². The number of alkyl halides is 1. The quantitative estimate of drug-likeness (QED) is 0.738. The Kier molecular flexibility index (Phi) is 3.25. The predicted molar refractivity (Wildman–Crippen MR) is 76.4 cm³/mol. The number of nitrogens with zero attached hydrogens (tertiary/aromatic N) is 2. The average molecular weight is 283 g/mol. The van der Waals surface area contributed by atoms with E-state index < -0.39 is 0 Å². The molecule has 1 aliphatic rings. The topological polar surface area (TPSA) is 17.8 Å². The minimum absolute atomic E-state index is 0.440. The van der Waals surface area contributed by atoms with E-state index in [4.69, 9.17) is 23.2 Å². The Hall–Kier alpha value is -0.730. The van der Waals surface area contributed by atoms with Gasteiger partial charge in [-0.1, -0.05) is 24.4 Å². The fraction of sp³-hybridized carbons (Fsp3) is 0.500. The van der Waals surface area contributed by atoms with Gasteiger partial charge in [0.1, 0.15) is 5.82 Å². The highest BCUT2D eigenvalue weighted by Crippen LogP contribution is 2.38. The average Bonchev–Trinajstić information content (AvgIpc) is 3.07. The largest absolute Gasteiger partial charge is 0.324 e. The third-order valence-electron chi connectivity index (χ3n) is 3.66. The van der Waals surface area contributed by atoms with Crippen molar-refractivity contribution in [1.29, 1.82) is 0 Å². The highest BCUT2D eigenvalue weighted by Gasteiger charge is 2.26. The second-order valence-electron chi connectivity index (χ2n) is 5.19. The van der Waals surface area contributed by atoms with E-state index in [9.17, 15) is 0 Å². The maximum absolute atomic E-state index is 6.09. The first-order chi connectivity index (χ1) is 8.69. The van der Waals surface area contributed by atoms with Gasteiger partial charge in [0, 0.05) is 11.1 Å². The lowest BCUT2D eigenvalue weighted by atomic mass is 10.1. The van der Waals surface area contributed by atoms with Crippen molar-refractivity contribution < 1.29 is 0 Å². The summed E-state index contributed by atoms with van der Waals surface area (Å²) >= 11 is 12.1. The summed E-state index contributed by atoms with van der Waals surface area (Å²) in [7, 11) is 0. The Morgan fingerprint density at radius 2 is 2.22 bits per heavy atom. The Balaban J connectivity index is 2.07. The van der Waals surface area contributed by atoms with Crippen LogP contribution in [0.2, 0.25) is 5.02 Å². The summed E-state index contributed by atoms with van der Waals surface area (Å²) in [6, 6.07) is 6.28. The van der Waals surface area contributed by atoms with Gasteiger partial charge >= 0.3 is 0 Å². The van der Waals surface area contributed by atoms with Gasteiger partial charge in [-0.15, -0.1) is 11.6 Å². The molecule has 1 aliphatic carbocycles. The van der Waals surface area contributed by atoms with Gasteiger partial charge in [-0.05, 0) is 37.5 Å². The molecule has 1 atom stereocenters. The molecular formula is C14H16Cl2N2. The highest BCUT2D eigenvalue weighted by atomic mass is 35.5. The number of fused-ring (bicyclic) bond motifs is 1. The van der Waals surface area contributed by atoms with Crippen LogP contribution >= 0.6 is 23.2 Å². The molecule has 1 fully saturated rings. The zero-order valence-electron chi connectivity index (χ0n) is 10.4. The molecule has 2 aromatic rings. The molecule has 96 valence electrons. The molecule has 0 aliphatic heterocycles. The smallest absolute Gasteiger partial charge is 0.125 e. The summed E-state index contributed by atoms with van der Waals surface area (Å²) < 4.78 is 2.26. The molecule has 0 amide bonds. The third kappa shape index (κ3) is 2.24. The van der Waals surface area contributed by atoms with Crippen molar-refractivity contribution in [2.24, 2.45) is 5.92 Å². The highest BCUT2D eigenvalue weighted by molar-refractivity contribution is 6.31. The van der Waals surface area contributed by atoms with Crippen LogP contribution in [0.3, 0.4) is 0 Å². The lowest BCUT2D eigenvalue weighted by molar-refractivity contribution is 0.477. The van der Waals surface area contributed by atoms with E-state index in [2.05, 4.69) is 16.5 Å². The van der Waals surface area contributed by atoms with Gasteiger partial charge in [-0.3, -0.25) is 0 Å². The monoisotopic (exact) mass is 282 g/mol. The van der Waals surface area contributed by atoms with Gasteiger partial charge in [0.2, 0.25) is 0 Å². The Morgan fingerprint density at radius 3 is 2.89 bits per heavy atom. The van der Waals surface area contributed by atoms with Crippen LogP contribution in [0.1, 0.15) is 38.1 Å². The molecule has 0 N–H and O–H groups in total.